The Morgan fingerprint density at radius 3 is 2.68 bits per heavy atom. The molecule has 0 spiro atoms. The maximum absolute atomic E-state index is 12.6. The summed E-state index contributed by atoms with van der Waals surface area (Å²) in [6.45, 7) is 1.91. The van der Waals surface area contributed by atoms with Crippen LogP contribution in [0.1, 0.15) is 23.4 Å². The summed E-state index contributed by atoms with van der Waals surface area (Å²) in [6.07, 6.45) is 0.154. The molecule has 0 bridgehead atoms. The fraction of sp³-hybridized carbons (Fsp3) is 0.174. The molecule has 0 saturated heterocycles. The van der Waals surface area contributed by atoms with Gasteiger partial charge in [0.15, 0.2) is 5.69 Å². The second-order valence-electron chi connectivity index (χ2n) is 7.50. The minimum Gasteiger partial charge on any atom is -0.339 e. The Hall–Kier alpha value is -4.85. The largest absolute Gasteiger partial charge is 0.351 e. The second-order valence-corrected chi connectivity index (χ2v) is 7.50. The van der Waals surface area contributed by atoms with Crippen molar-refractivity contribution in [3.05, 3.63) is 86.4 Å². The number of carbonyl (C=O) groups excluding carboxylic acids is 1. The molecule has 170 valence electrons. The van der Waals surface area contributed by atoms with Crippen molar-refractivity contribution in [2.45, 2.75) is 19.8 Å². The number of aryl methyl sites for hydroxylation is 2. The molecule has 11 nitrogen and oxygen atoms in total. The first-order valence-electron chi connectivity index (χ1n) is 10.3. The molecule has 2 heterocycles. The molecule has 1 N–H and O–H groups in total. The average Bonchev–Trinajstić information content (AvgIpc) is 3.31. The Morgan fingerprint density at radius 1 is 1.18 bits per heavy atom. The molecule has 0 fully saturated rings. The summed E-state index contributed by atoms with van der Waals surface area (Å²) >= 11 is 0. The molecule has 0 aliphatic carbocycles. The third-order valence-corrected chi connectivity index (χ3v) is 4.98. The van der Waals surface area contributed by atoms with Crippen LogP contribution in [0.3, 0.4) is 0 Å². The van der Waals surface area contributed by atoms with Crippen molar-refractivity contribution in [3.8, 4) is 23.3 Å². The summed E-state index contributed by atoms with van der Waals surface area (Å²) in [5, 5.41) is 19.6. The summed E-state index contributed by atoms with van der Waals surface area (Å²) in [5.74, 6) is -0.261. The van der Waals surface area contributed by atoms with E-state index in [1.807, 2.05) is 25.1 Å². The van der Waals surface area contributed by atoms with Crippen LogP contribution in [0.2, 0.25) is 0 Å². The van der Waals surface area contributed by atoms with Crippen LogP contribution < -0.4 is 16.6 Å². The zero-order valence-corrected chi connectivity index (χ0v) is 18.3. The van der Waals surface area contributed by atoms with Crippen LogP contribution in [-0.4, -0.2) is 30.4 Å². The number of nitrogens with zero attached hydrogens (tertiary/aromatic N) is 6. The van der Waals surface area contributed by atoms with Gasteiger partial charge in [-0.2, -0.15) is 20.0 Å². The zero-order valence-electron chi connectivity index (χ0n) is 18.3. The molecular weight excluding hydrogens is 438 g/mol. The van der Waals surface area contributed by atoms with E-state index in [-0.39, 0.29) is 36.2 Å². The molecule has 34 heavy (non-hydrogen) atoms. The van der Waals surface area contributed by atoms with Crippen molar-refractivity contribution < 1.29 is 9.32 Å². The van der Waals surface area contributed by atoms with Crippen LogP contribution in [0.4, 0.5) is 5.69 Å². The third-order valence-electron chi connectivity index (χ3n) is 4.98. The van der Waals surface area contributed by atoms with Gasteiger partial charge in [-0.15, -0.1) is 0 Å². The standard InChI is InChI=1S/C23H19N7O4/c1-14-6-8-17(9-7-14)30-23(33)29(2)22(32)20(27-30)21-26-19(34-28-21)11-10-18(31)25-16-5-3-4-15(12-16)13-24/h3-9,12H,10-11H2,1-2H3,(H,25,31). The number of benzene rings is 2. The van der Waals surface area contributed by atoms with Gasteiger partial charge in [-0.05, 0) is 37.3 Å². The number of rotatable bonds is 6. The summed E-state index contributed by atoms with van der Waals surface area (Å²) in [4.78, 5) is 41.6. The first-order valence-corrected chi connectivity index (χ1v) is 10.3. The van der Waals surface area contributed by atoms with Crippen molar-refractivity contribution in [2.75, 3.05) is 5.32 Å². The zero-order chi connectivity index (χ0) is 24.2. The number of nitriles is 1. The van der Waals surface area contributed by atoms with Crippen molar-refractivity contribution in [1.82, 2.24) is 24.5 Å². The van der Waals surface area contributed by atoms with Gasteiger partial charge in [-0.3, -0.25) is 14.2 Å². The monoisotopic (exact) mass is 457 g/mol. The van der Waals surface area contributed by atoms with Gasteiger partial charge in [0.1, 0.15) is 0 Å². The minimum atomic E-state index is -0.671. The summed E-state index contributed by atoms with van der Waals surface area (Å²) in [5.41, 5.74) is 0.978. The Kier molecular flexibility index (Phi) is 6.13. The molecule has 2 aromatic carbocycles. The van der Waals surface area contributed by atoms with E-state index >= 15 is 0 Å². The average molecular weight is 457 g/mol. The molecule has 4 aromatic rings. The van der Waals surface area contributed by atoms with E-state index in [1.54, 1.807) is 36.4 Å². The van der Waals surface area contributed by atoms with Gasteiger partial charge in [0.2, 0.25) is 17.6 Å². The summed E-state index contributed by atoms with van der Waals surface area (Å²) < 4.78 is 7.19. The van der Waals surface area contributed by atoms with E-state index in [1.165, 1.54) is 7.05 Å². The summed E-state index contributed by atoms with van der Waals surface area (Å²) in [7, 11) is 1.34. The molecule has 0 saturated carbocycles. The highest BCUT2D eigenvalue weighted by Gasteiger charge is 2.19. The molecule has 0 aliphatic heterocycles. The lowest BCUT2D eigenvalue weighted by atomic mass is 10.2. The first-order chi connectivity index (χ1) is 16.4. The van der Waals surface area contributed by atoms with Gasteiger partial charge < -0.3 is 9.84 Å². The first kappa shape index (κ1) is 22.3. The number of hydrogen-bond donors (Lipinski definition) is 1. The number of nitrogens with one attached hydrogen (secondary N) is 1. The quantitative estimate of drug-likeness (QED) is 0.460. The Balaban J connectivity index is 1.53. The highest BCUT2D eigenvalue weighted by atomic mass is 16.5. The second kappa shape index (κ2) is 9.33. The van der Waals surface area contributed by atoms with Gasteiger partial charge in [-0.25, -0.2) is 4.79 Å². The molecule has 0 aliphatic rings. The van der Waals surface area contributed by atoms with Gasteiger partial charge in [0, 0.05) is 25.6 Å². The molecule has 4 rings (SSSR count). The van der Waals surface area contributed by atoms with Crippen LogP contribution >= 0.6 is 0 Å². The third kappa shape index (κ3) is 4.66. The topological polar surface area (TPSA) is 149 Å². The van der Waals surface area contributed by atoms with E-state index in [4.69, 9.17) is 9.78 Å². The van der Waals surface area contributed by atoms with Crippen LogP contribution in [0.15, 0.2) is 62.6 Å². The van der Waals surface area contributed by atoms with Crippen LogP contribution in [0, 0.1) is 18.3 Å². The normalized spacial score (nSPS) is 10.6. The molecule has 0 unspecified atom stereocenters. The van der Waals surface area contributed by atoms with Gasteiger partial charge in [0.25, 0.3) is 5.56 Å². The predicted octanol–water partition coefficient (Wildman–Crippen LogP) is 1.73. The number of amides is 1. The van der Waals surface area contributed by atoms with Crippen molar-refractivity contribution >= 4 is 11.6 Å². The van der Waals surface area contributed by atoms with E-state index in [9.17, 15) is 14.4 Å². The molecule has 0 radical (unpaired) electrons. The maximum atomic E-state index is 12.6. The number of aromatic nitrogens is 5. The molecule has 2 aromatic heterocycles. The number of carbonyl (C=O) groups is 1. The van der Waals surface area contributed by atoms with Crippen molar-refractivity contribution in [3.63, 3.8) is 0 Å². The molecular formula is C23H19N7O4. The lowest BCUT2D eigenvalue weighted by Gasteiger charge is -2.08. The van der Waals surface area contributed by atoms with E-state index in [2.05, 4.69) is 20.6 Å². The van der Waals surface area contributed by atoms with Gasteiger partial charge >= 0.3 is 5.69 Å². The predicted molar refractivity (Wildman–Crippen MR) is 121 cm³/mol. The SMILES string of the molecule is Cc1ccc(-n2nc(-c3noc(CCC(=O)Nc4cccc(C#N)c4)n3)c(=O)n(C)c2=O)cc1. The van der Waals surface area contributed by atoms with Crippen LogP contribution in [0.25, 0.3) is 17.2 Å². The van der Waals surface area contributed by atoms with E-state index in [0.29, 0.717) is 16.9 Å². The highest BCUT2D eigenvalue weighted by Crippen LogP contribution is 2.13. The molecule has 1 amide bonds. The minimum absolute atomic E-state index is 0.0344. The Labute approximate surface area is 192 Å². The maximum Gasteiger partial charge on any atom is 0.351 e. The van der Waals surface area contributed by atoms with Crippen LogP contribution in [0.5, 0.6) is 0 Å². The fourth-order valence-corrected chi connectivity index (χ4v) is 3.13. The van der Waals surface area contributed by atoms with Crippen LogP contribution in [-0.2, 0) is 18.3 Å². The highest BCUT2D eigenvalue weighted by molar-refractivity contribution is 5.90. The number of anilines is 1. The summed E-state index contributed by atoms with van der Waals surface area (Å²) in [6, 6.07) is 15.6. The Bertz CT molecular complexity index is 1520. The fourth-order valence-electron chi connectivity index (χ4n) is 3.13. The number of hydrogen-bond acceptors (Lipinski definition) is 8. The Morgan fingerprint density at radius 2 is 1.94 bits per heavy atom. The van der Waals surface area contributed by atoms with Crippen molar-refractivity contribution in [1.29, 1.82) is 5.26 Å². The van der Waals surface area contributed by atoms with Crippen molar-refractivity contribution in [2.24, 2.45) is 7.05 Å². The molecule has 11 heteroatoms. The van der Waals surface area contributed by atoms with E-state index < -0.39 is 11.2 Å². The lowest BCUT2D eigenvalue weighted by molar-refractivity contribution is -0.116. The smallest absolute Gasteiger partial charge is 0.339 e. The van der Waals surface area contributed by atoms with E-state index in [0.717, 1.165) is 14.8 Å². The lowest BCUT2D eigenvalue weighted by Crippen LogP contribution is -2.40. The molecule has 0 atom stereocenters. The van der Waals surface area contributed by atoms with Gasteiger partial charge in [0.05, 0.1) is 17.3 Å². The van der Waals surface area contributed by atoms with Gasteiger partial charge in [-0.1, -0.05) is 28.9 Å².